The lowest BCUT2D eigenvalue weighted by Crippen LogP contribution is -2.78. The second kappa shape index (κ2) is 2.88. The average Bonchev–Trinajstić information content (AvgIpc) is 2.11. The summed E-state index contributed by atoms with van der Waals surface area (Å²) in [5.74, 6) is 1.16. The minimum atomic E-state index is -0.101. The summed E-state index contributed by atoms with van der Waals surface area (Å²) in [6.45, 7) is 12.8. The van der Waals surface area contributed by atoms with Gasteiger partial charge in [-0.25, -0.2) is 0 Å². The van der Waals surface area contributed by atoms with Crippen molar-refractivity contribution in [1.82, 2.24) is 9.80 Å². The van der Waals surface area contributed by atoms with Crippen molar-refractivity contribution in [3.05, 3.63) is 0 Å². The van der Waals surface area contributed by atoms with Crippen LogP contribution in [0.3, 0.4) is 0 Å². The van der Waals surface area contributed by atoms with E-state index >= 15 is 0 Å². The molecule has 0 aromatic carbocycles. The van der Waals surface area contributed by atoms with Gasteiger partial charge in [0.25, 0.3) is 0 Å². The molecule has 0 radical (unpaired) electrons. The van der Waals surface area contributed by atoms with Gasteiger partial charge < -0.3 is 0 Å². The SMILES string of the molecule is CC(C)C1N2CC3(C)CN1CC(C)(C2)C3=O. The van der Waals surface area contributed by atoms with Crippen molar-refractivity contribution in [1.29, 1.82) is 0 Å². The average molecular weight is 222 g/mol. The fourth-order valence-electron chi connectivity index (χ4n) is 4.47. The summed E-state index contributed by atoms with van der Waals surface area (Å²) in [4.78, 5) is 17.5. The lowest BCUT2D eigenvalue weighted by molar-refractivity contribution is -0.201. The van der Waals surface area contributed by atoms with Gasteiger partial charge in [0.1, 0.15) is 5.78 Å². The number of nitrogens with zero attached hydrogens (tertiary/aromatic N) is 2. The second-order valence-corrected chi connectivity index (χ2v) is 6.92. The minimum Gasteiger partial charge on any atom is -0.298 e. The number of carbonyl (C=O) groups is 1. The molecule has 0 N–H and O–H groups in total. The summed E-state index contributed by atoms with van der Waals surface area (Å²) in [6.07, 6.45) is 0.564. The van der Waals surface area contributed by atoms with Gasteiger partial charge >= 0.3 is 0 Å². The fourth-order valence-corrected chi connectivity index (χ4v) is 4.47. The molecule has 4 heterocycles. The van der Waals surface area contributed by atoms with Crippen LogP contribution in [-0.2, 0) is 4.79 Å². The van der Waals surface area contributed by atoms with Crippen molar-refractivity contribution in [2.24, 2.45) is 16.7 Å². The van der Waals surface area contributed by atoms with Crippen LogP contribution in [0.25, 0.3) is 0 Å². The third kappa shape index (κ3) is 1.13. The largest absolute Gasteiger partial charge is 0.298 e. The van der Waals surface area contributed by atoms with Gasteiger partial charge in [-0.1, -0.05) is 27.7 Å². The van der Waals surface area contributed by atoms with E-state index in [-0.39, 0.29) is 10.8 Å². The molecule has 0 aliphatic carbocycles. The number of ketones is 1. The van der Waals surface area contributed by atoms with Crippen molar-refractivity contribution in [3.8, 4) is 0 Å². The molecule has 0 aromatic rings. The molecule has 4 rings (SSSR count). The predicted molar refractivity (Wildman–Crippen MR) is 63.0 cm³/mol. The van der Waals surface area contributed by atoms with Crippen LogP contribution in [0, 0.1) is 16.7 Å². The lowest BCUT2D eigenvalue weighted by Gasteiger charge is -2.65. The van der Waals surface area contributed by atoms with E-state index in [9.17, 15) is 4.79 Å². The Morgan fingerprint density at radius 1 is 1.06 bits per heavy atom. The van der Waals surface area contributed by atoms with E-state index in [1.807, 2.05) is 0 Å². The molecule has 0 amide bonds. The van der Waals surface area contributed by atoms with Crippen LogP contribution in [0.4, 0.5) is 0 Å². The lowest BCUT2D eigenvalue weighted by atomic mass is 9.61. The molecule has 3 nitrogen and oxygen atoms in total. The van der Waals surface area contributed by atoms with Crippen molar-refractivity contribution >= 4 is 5.78 Å². The maximum Gasteiger partial charge on any atom is 0.149 e. The molecular weight excluding hydrogens is 200 g/mol. The monoisotopic (exact) mass is 222 g/mol. The third-order valence-corrected chi connectivity index (χ3v) is 4.65. The van der Waals surface area contributed by atoms with E-state index in [1.54, 1.807) is 0 Å². The van der Waals surface area contributed by atoms with Crippen LogP contribution in [-0.4, -0.2) is 47.9 Å². The van der Waals surface area contributed by atoms with Crippen molar-refractivity contribution < 1.29 is 4.79 Å². The molecule has 3 heteroatoms. The molecule has 0 aromatic heterocycles. The molecule has 4 fully saturated rings. The number of hydrogen-bond acceptors (Lipinski definition) is 3. The molecule has 4 aliphatic rings. The maximum atomic E-state index is 12.4. The summed E-state index contributed by atoms with van der Waals surface area (Å²) >= 11 is 0. The number of carbonyl (C=O) groups excluding carboxylic acids is 1. The maximum absolute atomic E-state index is 12.4. The van der Waals surface area contributed by atoms with E-state index in [0.29, 0.717) is 17.9 Å². The van der Waals surface area contributed by atoms with Gasteiger partial charge in [0.15, 0.2) is 0 Å². The molecule has 0 unspecified atom stereocenters. The first-order valence-electron chi connectivity index (χ1n) is 6.39. The Kier molecular flexibility index (Phi) is 1.93. The Labute approximate surface area is 97.8 Å². The Hall–Kier alpha value is -0.410. The highest BCUT2D eigenvalue weighted by Crippen LogP contribution is 2.48. The van der Waals surface area contributed by atoms with Crippen LogP contribution < -0.4 is 0 Å². The van der Waals surface area contributed by atoms with Gasteiger partial charge in [-0.05, 0) is 5.92 Å². The van der Waals surface area contributed by atoms with Gasteiger partial charge in [-0.2, -0.15) is 0 Å². The smallest absolute Gasteiger partial charge is 0.149 e. The summed E-state index contributed by atoms with van der Waals surface area (Å²) < 4.78 is 0. The Morgan fingerprint density at radius 2 is 1.44 bits per heavy atom. The highest BCUT2D eigenvalue weighted by molar-refractivity contribution is 5.92. The van der Waals surface area contributed by atoms with E-state index in [1.165, 1.54) is 0 Å². The number of Topliss-reactive ketones (excluding diaryl/α,β-unsaturated/α-hetero) is 1. The van der Waals surface area contributed by atoms with Gasteiger partial charge in [-0.3, -0.25) is 14.6 Å². The van der Waals surface area contributed by atoms with Gasteiger partial charge in [0, 0.05) is 26.2 Å². The van der Waals surface area contributed by atoms with Gasteiger partial charge in [0.2, 0.25) is 0 Å². The van der Waals surface area contributed by atoms with Gasteiger partial charge in [-0.15, -0.1) is 0 Å². The Morgan fingerprint density at radius 3 is 1.75 bits per heavy atom. The zero-order valence-electron chi connectivity index (χ0n) is 10.8. The first kappa shape index (κ1) is 10.7. The van der Waals surface area contributed by atoms with Crippen LogP contribution in [0.15, 0.2) is 0 Å². The first-order valence-corrected chi connectivity index (χ1v) is 6.39. The van der Waals surface area contributed by atoms with Gasteiger partial charge in [0.05, 0.1) is 17.0 Å². The predicted octanol–water partition coefficient (Wildman–Crippen LogP) is 1.20. The number of hydrogen-bond donors (Lipinski definition) is 0. The summed E-state index contributed by atoms with van der Waals surface area (Å²) in [5.41, 5.74) is -0.201. The molecule has 0 atom stereocenters. The highest BCUT2D eigenvalue weighted by atomic mass is 16.1. The molecule has 4 aliphatic heterocycles. The van der Waals surface area contributed by atoms with Crippen molar-refractivity contribution in [3.63, 3.8) is 0 Å². The fraction of sp³-hybridized carbons (Fsp3) is 0.923. The third-order valence-electron chi connectivity index (χ3n) is 4.65. The molecular formula is C13H22N2O. The van der Waals surface area contributed by atoms with Crippen molar-refractivity contribution in [2.45, 2.75) is 33.9 Å². The highest BCUT2D eigenvalue weighted by Gasteiger charge is 2.62. The van der Waals surface area contributed by atoms with Crippen LogP contribution in [0.1, 0.15) is 27.7 Å². The van der Waals surface area contributed by atoms with E-state index < -0.39 is 0 Å². The zero-order chi connectivity index (χ0) is 11.7. The minimum absolute atomic E-state index is 0.101. The summed E-state index contributed by atoms with van der Waals surface area (Å²) in [7, 11) is 0. The van der Waals surface area contributed by atoms with Crippen LogP contribution in [0.2, 0.25) is 0 Å². The molecule has 0 spiro atoms. The molecule has 4 bridgehead atoms. The number of piperidine rings is 2. The second-order valence-electron chi connectivity index (χ2n) is 6.92. The standard InChI is InChI=1S/C13H22N2O/c1-9(2)10-14-5-12(3)6-15(10)8-13(4,7-14)11(12)16/h9-10H,5-8H2,1-4H3. The quantitative estimate of drug-likeness (QED) is 0.666. The molecule has 90 valence electrons. The Balaban J connectivity index is 2.00. The molecule has 0 saturated carbocycles. The molecule has 16 heavy (non-hydrogen) atoms. The molecule has 4 saturated heterocycles. The summed E-state index contributed by atoms with van der Waals surface area (Å²) in [5, 5.41) is 0. The normalized spacial score (nSPS) is 55.1. The Bertz CT molecular complexity index is 310. The topological polar surface area (TPSA) is 23.6 Å². The van der Waals surface area contributed by atoms with E-state index in [2.05, 4.69) is 37.5 Å². The zero-order valence-corrected chi connectivity index (χ0v) is 10.8. The van der Waals surface area contributed by atoms with Crippen LogP contribution >= 0.6 is 0 Å². The van der Waals surface area contributed by atoms with Crippen LogP contribution in [0.5, 0.6) is 0 Å². The van der Waals surface area contributed by atoms with E-state index in [0.717, 1.165) is 26.2 Å². The summed E-state index contributed by atoms with van der Waals surface area (Å²) in [6, 6.07) is 0. The number of rotatable bonds is 1. The first-order chi connectivity index (χ1) is 7.36. The van der Waals surface area contributed by atoms with Crippen molar-refractivity contribution in [2.75, 3.05) is 26.2 Å². The van der Waals surface area contributed by atoms with E-state index in [4.69, 9.17) is 0 Å².